The maximum atomic E-state index is 14.5. The molecule has 3 rings (SSSR count). The van der Waals surface area contributed by atoms with Gasteiger partial charge in [-0.25, -0.2) is 13.8 Å². The molecule has 0 saturated heterocycles. The van der Waals surface area contributed by atoms with Crippen LogP contribution in [0.1, 0.15) is 22.3 Å². The first-order valence-electron chi connectivity index (χ1n) is 7.50. The third-order valence-electron chi connectivity index (χ3n) is 3.37. The summed E-state index contributed by atoms with van der Waals surface area (Å²) in [5, 5.41) is 12.3. The molecule has 0 saturated carbocycles. The fourth-order valence-electron chi connectivity index (χ4n) is 2.26. The van der Waals surface area contributed by atoms with Crippen LogP contribution >= 0.6 is 22.9 Å². The lowest BCUT2D eigenvalue weighted by molar-refractivity contribution is 0.0809. The number of aliphatic hydroxyl groups excluding tert-OH is 1. The Morgan fingerprint density at radius 1 is 1.38 bits per heavy atom. The SMILES string of the molecule is CC(O)NC(=O)c1c(F)ccc(OCc2nc3cc(Cl)ccc3s2)c1F. The molecule has 0 aliphatic heterocycles. The quantitative estimate of drug-likeness (QED) is 0.640. The third-order valence-corrected chi connectivity index (χ3v) is 4.61. The predicted octanol–water partition coefficient (Wildman–Crippen LogP) is 3.88. The van der Waals surface area contributed by atoms with Crippen molar-refractivity contribution in [1.29, 1.82) is 0 Å². The van der Waals surface area contributed by atoms with Gasteiger partial charge < -0.3 is 15.2 Å². The Morgan fingerprint density at radius 3 is 2.88 bits per heavy atom. The van der Waals surface area contributed by atoms with Gasteiger partial charge in [-0.3, -0.25) is 4.79 Å². The van der Waals surface area contributed by atoms with Crippen molar-refractivity contribution >= 4 is 39.1 Å². The Labute approximate surface area is 156 Å². The normalized spacial score (nSPS) is 12.2. The molecule has 0 radical (unpaired) electrons. The van der Waals surface area contributed by atoms with Gasteiger partial charge in [-0.05, 0) is 37.3 Å². The van der Waals surface area contributed by atoms with E-state index in [1.165, 1.54) is 18.3 Å². The van der Waals surface area contributed by atoms with E-state index < -0.39 is 29.3 Å². The number of rotatable bonds is 5. The molecule has 2 aromatic carbocycles. The number of carbonyl (C=O) groups excluding carboxylic acids is 1. The van der Waals surface area contributed by atoms with Gasteiger partial charge in [0.2, 0.25) is 0 Å². The zero-order valence-electron chi connectivity index (χ0n) is 13.4. The number of thiazole rings is 1. The highest BCUT2D eigenvalue weighted by Gasteiger charge is 2.22. The molecular weight excluding hydrogens is 386 g/mol. The van der Waals surface area contributed by atoms with E-state index in [2.05, 4.69) is 4.98 Å². The van der Waals surface area contributed by atoms with E-state index in [-0.39, 0.29) is 12.4 Å². The smallest absolute Gasteiger partial charge is 0.259 e. The second-order valence-electron chi connectivity index (χ2n) is 5.39. The minimum Gasteiger partial charge on any atom is -0.483 e. The van der Waals surface area contributed by atoms with Gasteiger partial charge in [0.25, 0.3) is 5.91 Å². The number of ether oxygens (including phenoxy) is 1. The van der Waals surface area contributed by atoms with Crippen molar-refractivity contribution in [2.24, 2.45) is 0 Å². The molecule has 1 unspecified atom stereocenters. The number of benzene rings is 2. The number of hydrogen-bond acceptors (Lipinski definition) is 5. The van der Waals surface area contributed by atoms with Gasteiger partial charge >= 0.3 is 0 Å². The van der Waals surface area contributed by atoms with Crippen molar-refractivity contribution in [2.45, 2.75) is 19.8 Å². The zero-order chi connectivity index (χ0) is 18.8. The standard InChI is InChI=1S/C17H13ClF2N2O3S/c1-8(23)21-17(24)15-10(19)3-4-12(16(15)20)25-7-14-22-11-6-9(18)2-5-13(11)26-14/h2-6,8,23H,7H2,1H3,(H,21,24). The predicted molar refractivity (Wildman–Crippen MR) is 94.5 cm³/mol. The summed E-state index contributed by atoms with van der Waals surface area (Å²) in [5.74, 6) is -3.57. The van der Waals surface area contributed by atoms with Crippen molar-refractivity contribution in [2.75, 3.05) is 0 Å². The van der Waals surface area contributed by atoms with Crippen molar-refractivity contribution in [3.63, 3.8) is 0 Å². The highest BCUT2D eigenvalue weighted by atomic mass is 35.5. The first kappa shape index (κ1) is 18.5. The fourth-order valence-corrected chi connectivity index (χ4v) is 3.29. The molecule has 0 bridgehead atoms. The van der Waals surface area contributed by atoms with Crippen LogP contribution in [0.25, 0.3) is 10.2 Å². The lowest BCUT2D eigenvalue weighted by Crippen LogP contribution is -2.33. The largest absolute Gasteiger partial charge is 0.483 e. The van der Waals surface area contributed by atoms with Crippen LogP contribution in [-0.2, 0) is 6.61 Å². The summed E-state index contributed by atoms with van der Waals surface area (Å²) in [6.45, 7) is 1.20. The summed E-state index contributed by atoms with van der Waals surface area (Å²) in [7, 11) is 0. The van der Waals surface area contributed by atoms with Crippen LogP contribution in [0.15, 0.2) is 30.3 Å². The minimum absolute atomic E-state index is 0.0586. The first-order valence-corrected chi connectivity index (χ1v) is 8.69. The van der Waals surface area contributed by atoms with Crippen LogP contribution in [0.4, 0.5) is 8.78 Å². The number of aliphatic hydroxyl groups is 1. The number of amides is 1. The van der Waals surface area contributed by atoms with Crippen LogP contribution in [0, 0.1) is 11.6 Å². The third kappa shape index (κ3) is 3.92. The van der Waals surface area contributed by atoms with Gasteiger partial charge in [0.05, 0.1) is 10.2 Å². The summed E-state index contributed by atoms with van der Waals surface area (Å²) in [6, 6.07) is 7.27. The molecule has 0 fully saturated rings. The Bertz CT molecular complexity index is 978. The summed E-state index contributed by atoms with van der Waals surface area (Å²) in [6.07, 6.45) is -1.25. The maximum absolute atomic E-state index is 14.5. The molecule has 26 heavy (non-hydrogen) atoms. The summed E-state index contributed by atoms with van der Waals surface area (Å²) < 4.78 is 34.5. The van der Waals surface area contributed by atoms with Gasteiger partial charge in [-0.1, -0.05) is 11.6 Å². The van der Waals surface area contributed by atoms with E-state index in [1.54, 1.807) is 12.1 Å². The number of nitrogens with one attached hydrogen (secondary N) is 1. The topological polar surface area (TPSA) is 71.5 Å². The number of nitrogens with zero attached hydrogens (tertiary/aromatic N) is 1. The highest BCUT2D eigenvalue weighted by Crippen LogP contribution is 2.28. The van der Waals surface area contributed by atoms with Gasteiger partial charge in [0.1, 0.15) is 29.2 Å². The van der Waals surface area contributed by atoms with E-state index in [1.807, 2.05) is 11.4 Å². The van der Waals surface area contributed by atoms with Crippen LogP contribution in [0.2, 0.25) is 5.02 Å². The number of aromatic nitrogens is 1. The Morgan fingerprint density at radius 2 is 2.15 bits per heavy atom. The molecule has 2 N–H and O–H groups in total. The van der Waals surface area contributed by atoms with Crippen molar-refractivity contribution < 1.29 is 23.4 Å². The number of hydrogen-bond donors (Lipinski definition) is 2. The Kier molecular flexibility index (Phi) is 5.36. The Hall–Kier alpha value is -2.29. The zero-order valence-corrected chi connectivity index (χ0v) is 15.0. The van der Waals surface area contributed by atoms with E-state index in [0.29, 0.717) is 15.5 Å². The second-order valence-corrected chi connectivity index (χ2v) is 6.94. The van der Waals surface area contributed by atoms with Crippen molar-refractivity contribution in [1.82, 2.24) is 10.3 Å². The molecule has 0 aliphatic carbocycles. The maximum Gasteiger partial charge on any atom is 0.259 e. The van der Waals surface area contributed by atoms with Crippen LogP contribution < -0.4 is 10.1 Å². The van der Waals surface area contributed by atoms with Gasteiger partial charge in [-0.15, -0.1) is 11.3 Å². The molecule has 3 aromatic rings. The van der Waals surface area contributed by atoms with E-state index in [4.69, 9.17) is 21.4 Å². The first-order chi connectivity index (χ1) is 12.3. The van der Waals surface area contributed by atoms with E-state index in [9.17, 15) is 13.6 Å². The highest BCUT2D eigenvalue weighted by molar-refractivity contribution is 7.18. The van der Waals surface area contributed by atoms with Crippen molar-refractivity contribution in [3.05, 3.63) is 57.6 Å². The lowest BCUT2D eigenvalue weighted by Gasteiger charge is -2.12. The van der Waals surface area contributed by atoms with Gasteiger partial charge in [0.15, 0.2) is 11.6 Å². The molecule has 0 spiro atoms. The summed E-state index contributed by atoms with van der Waals surface area (Å²) >= 11 is 7.26. The molecule has 1 aromatic heterocycles. The molecular formula is C17H13ClF2N2O3S. The van der Waals surface area contributed by atoms with Gasteiger partial charge in [0, 0.05) is 5.02 Å². The molecule has 1 amide bonds. The second kappa shape index (κ2) is 7.53. The van der Waals surface area contributed by atoms with Crippen LogP contribution in [-0.4, -0.2) is 22.2 Å². The van der Waals surface area contributed by atoms with Crippen LogP contribution in [0.5, 0.6) is 5.75 Å². The minimum atomic E-state index is -1.25. The molecule has 5 nitrogen and oxygen atoms in total. The van der Waals surface area contributed by atoms with Crippen LogP contribution in [0.3, 0.4) is 0 Å². The molecule has 1 atom stereocenters. The van der Waals surface area contributed by atoms with E-state index in [0.717, 1.165) is 16.8 Å². The molecule has 136 valence electrons. The average Bonchev–Trinajstić information content (AvgIpc) is 2.95. The Balaban J connectivity index is 1.82. The van der Waals surface area contributed by atoms with Crippen molar-refractivity contribution in [3.8, 4) is 5.75 Å². The van der Waals surface area contributed by atoms with Gasteiger partial charge in [-0.2, -0.15) is 0 Å². The summed E-state index contributed by atoms with van der Waals surface area (Å²) in [5.41, 5.74) is -0.128. The number of halogens is 3. The fraction of sp³-hybridized carbons (Fsp3) is 0.176. The number of carbonyl (C=O) groups is 1. The lowest BCUT2D eigenvalue weighted by atomic mass is 10.1. The number of fused-ring (bicyclic) bond motifs is 1. The molecule has 9 heteroatoms. The molecule has 1 heterocycles. The van der Waals surface area contributed by atoms with E-state index >= 15 is 0 Å². The average molecular weight is 399 g/mol. The summed E-state index contributed by atoms with van der Waals surface area (Å²) in [4.78, 5) is 16.2. The monoisotopic (exact) mass is 398 g/mol. The molecule has 0 aliphatic rings.